The van der Waals surface area contributed by atoms with Gasteiger partial charge in [-0.3, -0.25) is 0 Å². The van der Waals surface area contributed by atoms with E-state index in [2.05, 4.69) is 74.5 Å². The minimum atomic E-state index is -0.913. The van der Waals surface area contributed by atoms with Gasteiger partial charge < -0.3 is 19.8 Å². The number of carboxylic acids is 2. The summed E-state index contributed by atoms with van der Waals surface area (Å²) >= 11 is 0. The summed E-state index contributed by atoms with van der Waals surface area (Å²) in [7, 11) is 0. The van der Waals surface area contributed by atoms with E-state index in [9.17, 15) is 19.8 Å². The molecule has 0 aliphatic carbocycles. The molecule has 0 radical (unpaired) electrons. The molecule has 2 aromatic carbocycles. The van der Waals surface area contributed by atoms with E-state index in [1.165, 1.54) is 152 Å². The Kier molecular flexibility index (Phi) is 38.4. The van der Waals surface area contributed by atoms with Crippen molar-refractivity contribution in [3.05, 3.63) is 71.8 Å². The van der Waals surface area contributed by atoms with Crippen molar-refractivity contribution in [1.29, 1.82) is 0 Å². The van der Waals surface area contributed by atoms with Gasteiger partial charge >= 0.3 is 48.9 Å². The first-order valence-corrected chi connectivity index (χ1v) is 22.0. The zero-order chi connectivity index (χ0) is 37.7. The summed E-state index contributed by atoms with van der Waals surface area (Å²) in [5, 5.41) is 20.8. The Balaban J connectivity index is 0.00000100. The van der Waals surface area contributed by atoms with E-state index in [1.54, 1.807) is 0 Å². The molecule has 0 aliphatic rings. The first-order chi connectivity index (χ1) is 25.5. The summed E-state index contributed by atoms with van der Waals surface area (Å²) in [6.45, 7) is 4.54. The quantitative estimate of drug-likeness (QED) is 0.0519. The minimum absolute atomic E-state index is 0. The standard InChI is InChI=1S/2C24H40O2.Ba/c2*1-2-3-4-5-6-8-12-17-22(23-19-14-11-15-20-23)18-13-9-7-10-16-21-24(25)26;/h2*11,14-15,19-20,22H,2-10,12-13,16-18,21H2,1H3,(H,25,26);/q;;+2/p-2. The Labute approximate surface area is 367 Å². The number of carboxylic acid groups (broad SMARTS) is 2. The van der Waals surface area contributed by atoms with Gasteiger partial charge in [0.1, 0.15) is 0 Å². The second-order valence-electron chi connectivity index (χ2n) is 15.4. The first kappa shape index (κ1) is 52.0. The maximum atomic E-state index is 10.4. The predicted octanol–water partition coefficient (Wildman–Crippen LogP) is 12.4. The van der Waals surface area contributed by atoms with Gasteiger partial charge in [0.2, 0.25) is 0 Å². The van der Waals surface area contributed by atoms with E-state index in [0.29, 0.717) is 11.8 Å². The van der Waals surface area contributed by atoms with Crippen LogP contribution in [0.1, 0.15) is 229 Å². The number of unbranched alkanes of at least 4 members (excludes halogenated alkanes) is 20. The number of carbonyl (C=O) groups excluding carboxylic acids is 2. The van der Waals surface area contributed by atoms with Crippen molar-refractivity contribution in [1.82, 2.24) is 0 Å². The van der Waals surface area contributed by atoms with Crippen molar-refractivity contribution < 1.29 is 19.8 Å². The molecule has 0 bridgehead atoms. The van der Waals surface area contributed by atoms with E-state index in [4.69, 9.17) is 0 Å². The van der Waals surface area contributed by atoms with E-state index in [-0.39, 0.29) is 61.7 Å². The van der Waals surface area contributed by atoms with Gasteiger partial charge in [-0.15, -0.1) is 0 Å². The van der Waals surface area contributed by atoms with Crippen LogP contribution in [0.15, 0.2) is 60.7 Å². The summed E-state index contributed by atoms with van der Waals surface area (Å²) in [4.78, 5) is 20.8. The van der Waals surface area contributed by atoms with Crippen LogP contribution in [0.4, 0.5) is 0 Å². The van der Waals surface area contributed by atoms with Gasteiger partial charge in [0.25, 0.3) is 0 Å². The second-order valence-corrected chi connectivity index (χ2v) is 15.4. The molecule has 0 aromatic heterocycles. The van der Waals surface area contributed by atoms with Crippen molar-refractivity contribution in [2.45, 2.75) is 218 Å². The Morgan fingerprint density at radius 2 is 0.642 bits per heavy atom. The first-order valence-electron chi connectivity index (χ1n) is 22.0. The van der Waals surface area contributed by atoms with Crippen molar-refractivity contribution in [3.8, 4) is 0 Å². The number of benzene rings is 2. The molecule has 0 spiro atoms. The normalized spacial score (nSPS) is 12.0. The molecule has 0 N–H and O–H groups in total. The number of rotatable bonds is 34. The summed E-state index contributed by atoms with van der Waals surface area (Å²) < 4.78 is 0. The van der Waals surface area contributed by atoms with Gasteiger partial charge in [-0.05, 0) is 74.3 Å². The molecule has 0 aliphatic heterocycles. The summed E-state index contributed by atoms with van der Waals surface area (Å²) in [6.07, 6.45) is 35.6. The molecule has 2 unspecified atom stereocenters. The zero-order valence-corrected chi connectivity index (χ0v) is 38.9. The molecule has 0 saturated heterocycles. The van der Waals surface area contributed by atoms with Crippen LogP contribution < -0.4 is 10.2 Å². The molecule has 53 heavy (non-hydrogen) atoms. The largest absolute Gasteiger partial charge is 2.00 e. The molecule has 5 heteroatoms. The third-order valence-corrected chi connectivity index (χ3v) is 10.7. The summed E-state index contributed by atoms with van der Waals surface area (Å²) in [6, 6.07) is 22.0. The number of aliphatic carboxylic acids is 2. The molecule has 2 atom stereocenters. The summed E-state index contributed by atoms with van der Waals surface area (Å²) in [5.74, 6) is -0.446. The topological polar surface area (TPSA) is 80.3 Å². The smallest absolute Gasteiger partial charge is 0.550 e. The van der Waals surface area contributed by atoms with Crippen molar-refractivity contribution in [3.63, 3.8) is 0 Å². The Morgan fingerprint density at radius 1 is 0.396 bits per heavy atom. The van der Waals surface area contributed by atoms with E-state index < -0.39 is 11.9 Å². The third-order valence-electron chi connectivity index (χ3n) is 10.7. The molecule has 0 saturated carbocycles. The molecule has 2 aromatic rings. The van der Waals surface area contributed by atoms with Crippen molar-refractivity contribution in [2.75, 3.05) is 0 Å². The van der Waals surface area contributed by atoms with Crippen LogP contribution in [-0.2, 0) is 9.59 Å². The van der Waals surface area contributed by atoms with Crippen LogP contribution in [0.2, 0.25) is 0 Å². The maximum Gasteiger partial charge on any atom is 2.00 e. The van der Waals surface area contributed by atoms with Gasteiger partial charge in [-0.25, -0.2) is 0 Å². The number of hydrogen-bond acceptors (Lipinski definition) is 4. The predicted molar refractivity (Wildman–Crippen MR) is 224 cm³/mol. The average Bonchev–Trinajstić information content (AvgIpc) is 3.15. The van der Waals surface area contributed by atoms with Gasteiger partial charge in [-0.1, -0.05) is 216 Å². The molecular formula is C48H78BaO4. The maximum absolute atomic E-state index is 10.4. The van der Waals surface area contributed by atoms with Crippen LogP contribution in [0.3, 0.4) is 0 Å². The molecule has 296 valence electrons. The fourth-order valence-corrected chi connectivity index (χ4v) is 7.48. The van der Waals surface area contributed by atoms with E-state index in [0.717, 1.165) is 38.5 Å². The molecule has 2 rings (SSSR count). The van der Waals surface area contributed by atoms with Gasteiger partial charge in [0, 0.05) is 11.9 Å². The molecule has 4 nitrogen and oxygen atoms in total. The molecule has 0 heterocycles. The van der Waals surface area contributed by atoms with Crippen molar-refractivity contribution >= 4 is 60.8 Å². The van der Waals surface area contributed by atoms with Gasteiger partial charge in [-0.2, -0.15) is 0 Å². The summed E-state index contributed by atoms with van der Waals surface area (Å²) in [5.41, 5.74) is 2.99. The Bertz CT molecular complexity index is 974. The van der Waals surface area contributed by atoms with Crippen LogP contribution in [-0.4, -0.2) is 60.8 Å². The number of carbonyl (C=O) groups is 2. The van der Waals surface area contributed by atoms with Crippen LogP contribution >= 0.6 is 0 Å². The Hall–Kier alpha value is -1.05. The van der Waals surface area contributed by atoms with Gasteiger partial charge in [0.05, 0.1) is 0 Å². The molecular weight excluding hydrogens is 778 g/mol. The molecule has 0 fully saturated rings. The zero-order valence-electron chi connectivity index (χ0n) is 34.5. The fourth-order valence-electron chi connectivity index (χ4n) is 7.48. The fraction of sp³-hybridized carbons (Fsp3) is 0.708. The van der Waals surface area contributed by atoms with E-state index >= 15 is 0 Å². The van der Waals surface area contributed by atoms with Crippen LogP contribution in [0.5, 0.6) is 0 Å². The van der Waals surface area contributed by atoms with Crippen LogP contribution in [0, 0.1) is 0 Å². The van der Waals surface area contributed by atoms with Gasteiger partial charge in [0.15, 0.2) is 0 Å². The average molecular weight is 856 g/mol. The third kappa shape index (κ3) is 32.9. The second kappa shape index (κ2) is 39.2. The van der Waals surface area contributed by atoms with Crippen molar-refractivity contribution in [2.24, 2.45) is 0 Å². The Morgan fingerprint density at radius 3 is 0.906 bits per heavy atom. The SMILES string of the molecule is CCCCCCCCCC(CCCCCCCC(=O)[O-])c1ccccc1.CCCCCCCCCC(CCCCCCCC(=O)[O-])c1ccccc1.[Ba+2]. The number of hydrogen-bond donors (Lipinski definition) is 0. The van der Waals surface area contributed by atoms with E-state index in [1.807, 2.05) is 0 Å². The molecule has 0 amide bonds. The monoisotopic (exact) mass is 856 g/mol. The minimum Gasteiger partial charge on any atom is -0.550 e. The van der Waals surface area contributed by atoms with Crippen LogP contribution in [0.25, 0.3) is 0 Å².